The van der Waals surface area contributed by atoms with Crippen molar-refractivity contribution in [1.29, 1.82) is 0 Å². The van der Waals surface area contributed by atoms with Gasteiger partial charge in [0.1, 0.15) is 17.0 Å². The number of esters is 1. The van der Waals surface area contributed by atoms with E-state index in [-0.39, 0.29) is 18.1 Å². The van der Waals surface area contributed by atoms with E-state index in [9.17, 15) is 9.59 Å². The molecule has 0 saturated carbocycles. The molecule has 0 atom stereocenters. The second-order valence-electron chi connectivity index (χ2n) is 5.09. The van der Waals surface area contributed by atoms with Gasteiger partial charge in [0.2, 0.25) is 0 Å². The average Bonchev–Trinajstić information content (AvgIpc) is 2.61. The van der Waals surface area contributed by atoms with E-state index in [0.29, 0.717) is 29.0 Å². The minimum atomic E-state index is -0.699. The number of rotatable bonds is 5. The van der Waals surface area contributed by atoms with E-state index in [1.54, 1.807) is 24.5 Å². The van der Waals surface area contributed by atoms with Crippen LogP contribution < -0.4 is 5.56 Å². The zero-order valence-corrected chi connectivity index (χ0v) is 15.2. The monoisotopic (exact) mass is 422 g/mol. The molecule has 0 radical (unpaired) electrons. The summed E-state index contributed by atoms with van der Waals surface area (Å²) in [4.78, 5) is 39.1. The summed E-state index contributed by atoms with van der Waals surface area (Å²) in [6.45, 7) is 0.0891. The molecule has 1 N–H and O–H groups in total. The lowest BCUT2D eigenvalue weighted by Crippen LogP contribution is -2.20. The van der Waals surface area contributed by atoms with E-state index in [2.05, 4.69) is 35.9 Å². The van der Waals surface area contributed by atoms with Crippen LogP contribution in [0.1, 0.15) is 21.9 Å². The molecule has 3 aromatic rings. The Morgan fingerprint density at radius 1 is 1.32 bits per heavy atom. The number of H-pyrrole nitrogens is 1. The molecule has 3 aromatic heterocycles. The Morgan fingerprint density at radius 2 is 2.16 bits per heavy atom. The third-order valence-corrected chi connectivity index (χ3v) is 4.03. The van der Waals surface area contributed by atoms with Gasteiger partial charge in [-0.15, -0.1) is 11.6 Å². The largest absolute Gasteiger partial charge is 0.462 e. The van der Waals surface area contributed by atoms with Crippen LogP contribution in [0.4, 0.5) is 0 Å². The Hall–Kier alpha value is -2.32. The van der Waals surface area contributed by atoms with Crippen LogP contribution >= 0.6 is 27.5 Å². The minimum Gasteiger partial charge on any atom is -0.462 e. The SMILES string of the molecule is O=C(OCCc1ccnc(CCl)n1)c1cc2cc(Br)cnc2[nH]c1=O. The molecule has 0 aromatic carbocycles. The maximum Gasteiger partial charge on any atom is 0.343 e. The van der Waals surface area contributed by atoms with Gasteiger partial charge in [0, 0.05) is 34.4 Å². The van der Waals surface area contributed by atoms with Crippen LogP contribution in [-0.2, 0) is 17.0 Å². The molecule has 0 aliphatic carbocycles. The molecule has 25 heavy (non-hydrogen) atoms. The number of nitrogens with zero attached hydrogens (tertiary/aromatic N) is 3. The Balaban J connectivity index is 1.71. The Kier molecular flexibility index (Phi) is 5.40. The van der Waals surface area contributed by atoms with Crippen molar-refractivity contribution < 1.29 is 9.53 Å². The number of pyridine rings is 2. The highest BCUT2D eigenvalue weighted by molar-refractivity contribution is 9.10. The van der Waals surface area contributed by atoms with E-state index in [0.717, 1.165) is 4.47 Å². The molecule has 0 saturated heterocycles. The van der Waals surface area contributed by atoms with Crippen molar-refractivity contribution in [2.45, 2.75) is 12.3 Å². The first-order valence-electron chi connectivity index (χ1n) is 7.29. The van der Waals surface area contributed by atoms with Crippen molar-refractivity contribution >= 4 is 44.5 Å². The first kappa shape index (κ1) is 17.5. The van der Waals surface area contributed by atoms with Crippen LogP contribution in [-0.4, -0.2) is 32.5 Å². The highest BCUT2D eigenvalue weighted by Crippen LogP contribution is 2.15. The van der Waals surface area contributed by atoms with Crippen LogP contribution in [0.5, 0.6) is 0 Å². The number of hydrogen-bond donors (Lipinski definition) is 1. The summed E-state index contributed by atoms with van der Waals surface area (Å²) in [7, 11) is 0. The van der Waals surface area contributed by atoms with E-state index in [4.69, 9.17) is 16.3 Å². The van der Waals surface area contributed by atoms with Crippen molar-refractivity contribution in [3.8, 4) is 0 Å². The highest BCUT2D eigenvalue weighted by atomic mass is 79.9. The predicted molar refractivity (Wildman–Crippen MR) is 95.6 cm³/mol. The van der Waals surface area contributed by atoms with Crippen molar-refractivity contribution in [2.24, 2.45) is 0 Å². The second kappa shape index (κ2) is 7.71. The van der Waals surface area contributed by atoms with E-state index in [1.165, 1.54) is 6.07 Å². The maximum absolute atomic E-state index is 12.2. The molecule has 0 spiro atoms. The second-order valence-corrected chi connectivity index (χ2v) is 6.27. The minimum absolute atomic E-state index is 0.0727. The molecule has 3 heterocycles. The standard InChI is InChI=1S/C16H12BrClN4O3/c17-10-5-9-6-12(15(23)22-14(9)20-8-10)16(24)25-4-2-11-1-3-19-13(7-18)21-11/h1,3,5-6,8H,2,4,7H2,(H,20,22,23). The predicted octanol–water partition coefficient (Wildman–Crippen LogP) is 2.61. The van der Waals surface area contributed by atoms with Crippen molar-refractivity contribution in [2.75, 3.05) is 6.61 Å². The van der Waals surface area contributed by atoms with Crippen molar-refractivity contribution in [3.05, 3.63) is 62.5 Å². The van der Waals surface area contributed by atoms with Crippen molar-refractivity contribution in [3.63, 3.8) is 0 Å². The number of nitrogens with one attached hydrogen (secondary N) is 1. The third kappa shape index (κ3) is 4.21. The number of carbonyl (C=O) groups excluding carboxylic acids is 1. The lowest BCUT2D eigenvalue weighted by atomic mass is 10.2. The number of alkyl halides is 1. The molecule has 7 nitrogen and oxygen atoms in total. The first-order valence-corrected chi connectivity index (χ1v) is 8.62. The van der Waals surface area contributed by atoms with Crippen LogP contribution in [0.15, 0.2) is 39.9 Å². The van der Waals surface area contributed by atoms with Crippen LogP contribution in [0.25, 0.3) is 11.0 Å². The summed E-state index contributed by atoms with van der Waals surface area (Å²) in [5, 5.41) is 0.628. The molecule has 3 rings (SSSR count). The summed E-state index contributed by atoms with van der Waals surface area (Å²) in [6.07, 6.45) is 3.56. The molecular weight excluding hydrogens is 412 g/mol. The Labute approximate surface area is 155 Å². The summed E-state index contributed by atoms with van der Waals surface area (Å²) in [5.41, 5.74) is 0.494. The maximum atomic E-state index is 12.2. The fraction of sp³-hybridized carbons (Fsp3) is 0.188. The first-order chi connectivity index (χ1) is 12.1. The third-order valence-electron chi connectivity index (χ3n) is 3.35. The van der Waals surface area contributed by atoms with E-state index in [1.807, 2.05) is 0 Å². The van der Waals surface area contributed by atoms with Gasteiger partial charge in [-0.3, -0.25) is 4.79 Å². The number of halogens is 2. The lowest BCUT2D eigenvalue weighted by Gasteiger charge is -2.06. The molecule has 0 bridgehead atoms. The van der Waals surface area contributed by atoms with Crippen LogP contribution in [0.3, 0.4) is 0 Å². The normalized spacial score (nSPS) is 10.8. The van der Waals surface area contributed by atoms with Gasteiger partial charge in [-0.1, -0.05) is 0 Å². The molecular formula is C16H12BrClN4O3. The molecule has 0 unspecified atom stereocenters. The zero-order chi connectivity index (χ0) is 17.8. The van der Waals surface area contributed by atoms with Gasteiger partial charge in [-0.25, -0.2) is 19.7 Å². The smallest absolute Gasteiger partial charge is 0.343 e. The summed E-state index contributed by atoms with van der Waals surface area (Å²) in [5.74, 6) is 0.0215. The Bertz CT molecular complexity index is 993. The molecule has 128 valence electrons. The van der Waals surface area contributed by atoms with Gasteiger partial charge in [0.25, 0.3) is 5.56 Å². The van der Waals surface area contributed by atoms with E-state index >= 15 is 0 Å². The Morgan fingerprint density at radius 3 is 2.96 bits per heavy atom. The fourth-order valence-corrected chi connectivity index (χ4v) is 2.67. The molecule has 0 aliphatic heterocycles. The zero-order valence-electron chi connectivity index (χ0n) is 12.8. The number of ether oxygens (including phenoxy) is 1. The van der Waals surface area contributed by atoms with Gasteiger partial charge in [-0.05, 0) is 34.1 Å². The van der Waals surface area contributed by atoms with Crippen LogP contribution in [0.2, 0.25) is 0 Å². The molecule has 0 aliphatic rings. The molecule has 9 heteroatoms. The van der Waals surface area contributed by atoms with Gasteiger partial charge in [0.15, 0.2) is 0 Å². The van der Waals surface area contributed by atoms with Crippen molar-refractivity contribution in [1.82, 2.24) is 19.9 Å². The van der Waals surface area contributed by atoms with E-state index < -0.39 is 11.5 Å². The summed E-state index contributed by atoms with van der Waals surface area (Å²) < 4.78 is 5.92. The molecule has 0 fully saturated rings. The van der Waals surface area contributed by atoms with Gasteiger partial charge < -0.3 is 9.72 Å². The van der Waals surface area contributed by atoms with Gasteiger partial charge in [0.05, 0.1) is 12.5 Å². The number of aromatic nitrogens is 4. The quantitative estimate of drug-likeness (QED) is 0.500. The fourth-order valence-electron chi connectivity index (χ4n) is 2.19. The number of hydrogen-bond acceptors (Lipinski definition) is 6. The van der Waals surface area contributed by atoms with Crippen LogP contribution in [0, 0.1) is 0 Å². The topological polar surface area (TPSA) is 97.8 Å². The van der Waals surface area contributed by atoms with Gasteiger partial charge >= 0.3 is 5.97 Å². The lowest BCUT2D eigenvalue weighted by molar-refractivity contribution is 0.0506. The number of aromatic amines is 1. The number of carbonyl (C=O) groups is 1. The number of fused-ring (bicyclic) bond motifs is 1. The average molecular weight is 424 g/mol. The molecule has 0 amide bonds. The summed E-state index contributed by atoms with van der Waals surface area (Å²) in [6, 6.07) is 4.93. The highest BCUT2D eigenvalue weighted by Gasteiger charge is 2.14. The summed E-state index contributed by atoms with van der Waals surface area (Å²) >= 11 is 8.98. The van der Waals surface area contributed by atoms with Gasteiger partial charge in [-0.2, -0.15) is 0 Å².